The Labute approximate surface area is 86.8 Å². The monoisotopic (exact) mass is 227 g/mol. The van der Waals surface area contributed by atoms with E-state index in [9.17, 15) is 18.0 Å². The van der Waals surface area contributed by atoms with Crippen LogP contribution in [0.15, 0.2) is 0 Å². The molecule has 0 heterocycles. The zero-order valence-electron chi connectivity index (χ0n) is 9.02. The van der Waals surface area contributed by atoms with E-state index in [2.05, 4.69) is 4.74 Å². The predicted molar refractivity (Wildman–Crippen MR) is 49.1 cm³/mol. The van der Waals surface area contributed by atoms with Crippen molar-refractivity contribution in [2.45, 2.75) is 38.4 Å². The van der Waals surface area contributed by atoms with Crippen LogP contribution in [0.25, 0.3) is 0 Å². The highest BCUT2D eigenvalue weighted by Crippen LogP contribution is 2.30. The van der Waals surface area contributed by atoms with Crippen molar-refractivity contribution in [2.24, 2.45) is 11.7 Å². The molecule has 0 unspecified atom stereocenters. The van der Waals surface area contributed by atoms with E-state index in [1.54, 1.807) is 13.8 Å². The lowest BCUT2D eigenvalue weighted by molar-refractivity contribution is -0.170. The number of methoxy groups -OCH3 is 1. The fourth-order valence-corrected chi connectivity index (χ4v) is 1.52. The summed E-state index contributed by atoms with van der Waals surface area (Å²) < 4.78 is 40.9. The molecule has 0 aliphatic carbocycles. The molecule has 0 radical (unpaired) electrons. The first kappa shape index (κ1) is 14.2. The van der Waals surface area contributed by atoms with E-state index in [-0.39, 0.29) is 12.3 Å². The molecule has 15 heavy (non-hydrogen) atoms. The van der Waals surface area contributed by atoms with Gasteiger partial charge in [-0.25, -0.2) is 0 Å². The lowest BCUT2D eigenvalue weighted by atomic mass is 9.86. The number of hydrogen-bond donors (Lipinski definition) is 1. The van der Waals surface area contributed by atoms with Gasteiger partial charge in [0, 0.05) is 0 Å². The number of halogens is 3. The standard InChI is InChI=1S/C9H16F3NO2/c1-6(2)4-8(13,7(14)15-3)5-9(10,11)12/h6H,4-5,13H2,1-3H3/t8-/m1/s1. The van der Waals surface area contributed by atoms with Crippen molar-refractivity contribution in [3.63, 3.8) is 0 Å². The highest BCUT2D eigenvalue weighted by atomic mass is 19.4. The molecular formula is C9H16F3NO2. The lowest BCUT2D eigenvalue weighted by Gasteiger charge is -2.28. The average Bonchev–Trinajstić information content (AvgIpc) is 1.97. The number of carbonyl (C=O) groups is 1. The molecule has 3 nitrogen and oxygen atoms in total. The van der Waals surface area contributed by atoms with Crippen LogP contribution in [0.4, 0.5) is 13.2 Å². The van der Waals surface area contributed by atoms with Gasteiger partial charge in [0.15, 0.2) is 0 Å². The zero-order chi connectivity index (χ0) is 12.3. The third-order valence-corrected chi connectivity index (χ3v) is 1.88. The summed E-state index contributed by atoms with van der Waals surface area (Å²) in [7, 11) is 1.03. The summed E-state index contributed by atoms with van der Waals surface area (Å²) in [6.45, 7) is 3.39. The Balaban J connectivity index is 4.78. The maximum Gasteiger partial charge on any atom is 0.391 e. The molecule has 0 aliphatic rings. The summed E-state index contributed by atoms with van der Waals surface area (Å²) in [4.78, 5) is 11.2. The summed E-state index contributed by atoms with van der Waals surface area (Å²) in [6, 6.07) is 0. The van der Waals surface area contributed by atoms with Gasteiger partial charge in [0.05, 0.1) is 13.5 Å². The molecule has 0 fully saturated rings. The Morgan fingerprint density at radius 3 is 2.13 bits per heavy atom. The van der Waals surface area contributed by atoms with E-state index in [1.165, 1.54) is 0 Å². The molecule has 0 spiro atoms. The quantitative estimate of drug-likeness (QED) is 0.746. The van der Waals surface area contributed by atoms with Gasteiger partial charge in [0.2, 0.25) is 0 Å². The van der Waals surface area contributed by atoms with Gasteiger partial charge < -0.3 is 10.5 Å². The summed E-state index contributed by atoms with van der Waals surface area (Å²) in [6.07, 6.45) is -5.89. The number of alkyl halides is 3. The van der Waals surface area contributed by atoms with E-state index in [0.29, 0.717) is 0 Å². The largest absolute Gasteiger partial charge is 0.468 e. The number of hydrogen-bond acceptors (Lipinski definition) is 3. The van der Waals surface area contributed by atoms with E-state index in [1.807, 2.05) is 0 Å². The second-order valence-electron chi connectivity index (χ2n) is 4.04. The second kappa shape index (κ2) is 4.83. The van der Waals surface area contributed by atoms with Crippen molar-refractivity contribution in [2.75, 3.05) is 7.11 Å². The van der Waals surface area contributed by atoms with Crippen LogP contribution in [0.2, 0.25) is 0 Å². The van der Waals surface area contributed by atoms with Gasteiger partial charge in [-0.1, -0.05) is 13.8 Å². The van der Waals surface area contributed by atoms with Crippen LogP contribution >= 0.6 is 0 Å². The number of ether oxygens (including phenoxy) is 1. The minimum atomic E-state index is -4.47. The van der Waals surface area contributed by atoms with Gasteiger partial charge in [-0.05, 0) is 12.3 Å². The Morgan fingerprint density at radius 1 is 1.40 bits per heavy atom. The maximum absolute atomic E-state index is 12.2. The summed E-state index contributed by atoms with van der Waals surface area (Å²) >= 11 is 0. The molecule has 0 amide bonds. The lowest BCUT2D eigenvalue weighted by Crippen LogP contribution is -2.52. The predicted octanol–water partition coefficient (Wildman–Crippen LogP) is 1.86. The molecule has 0 saturated carbocycles. The number of nitrogens with two attached hydrogens (primary N) is 1. The maximum atomic E-state index is 12.2. The third kappa shape index (κ3) is 5.01. The minimum absolute atomic E-state index is 0.0564. The van der Waals surface area contributed by atoms with Crippen molar-refractivity contribution in [1.29, 1.82) is 0 Å². The number of carbonyl (C=O) groups excluding carboxylic acids is 1. The van der Waals surface area contributed by atoms with Crippen LogP contribution in [0.1, 0.15) is 26.7 Å². The molecule has 6 heteroatoms. The normalized spacial score (nSPS) is 16.3. The Kier molecular flexibility index (Phi) is 4.58. The first-order valence-corrected chi connectivity index (χ1v) is 4.55. The first-order valence-electron chi connectivity index (χ1n) is 4.55. The van der Waals surface area contributed by atoms with E-state index in [4.69, 9.17) is 5.73 Å². The van der Waals surface area contributed by atoms with Crippen LogP contribution in [0.5, 0.6) is 0 Å². The molecule has 0 aromatic heterocycles. The van der Waals surface area contributed by atoms with Crippen molar-refractivity contribution >= 4 is 5.97 Å². The molecule has 0 aliphatic heterocycles. The van der Waals surface area contributed by atoms with E-state index < -0.39 is 24.1 Å². The van der Waals surface area contributed by atoms with Crippen LogP contribution in [0, 0.1) is 5.92 Å². The minimum Gasteiger partial charge on any atom is -0.468 e. The summed E-state index contributed by atoms with van der Waals surface area (Å²) in [5.74, 6) is -1.13. The van der Waals surface area contributed by atoms with Gasteiger partial charge in [0.1, 0.15) is 5.54 Å². The van der Waals surface area contributed by atoms with E-state index in [0.717, 1.165) is 7.11 Å². The Bertz CT molecular complexity index is 228. The van der Waals surface area contributed by atoms with Crippen LogP contribution in [-0.4, -0.2) is 24.8 Å². The first-order chi connectivity index (χ1) is 6.60. The molecular weight excluding hydrogens is 211 g/mol. The van der Waals surface area contributed by atoms with Gasteiger partial charge in [-0.2, -0.15) is 13.2 Å². The smallest absolute Gasteiger partial charge is 0.391 e. The number of rotatable bonds is 4. The number of esters is 1. The van der Waals surface area contributed by atoms with Crippen molar-refractivity contribution in [3.05, 3.63) is 0 Å². The Morgan fingerprint density at radius 2 is 1.87 bits per heavy atom. The van der Waals surface area contributed by atoms with Crippen molar-refractivity contribution < 1.29 is 22.7 Å². The highest BCUT2D eigenvalue weighted by Gasteiger charge is 2.46. The molecule has 0 bridgehead atoms. The fraction of sp³-hybridized carbons (Fsp3) is 0.889. The zero-order valence-corrected chi connectivity index (χ0v) is 9.02. The molecule has 2 N–H and O–H groups in total. The van der Waals surface area contributed by atoms with Crippen LogP contribution in [0.3, 0.4) is 0 Å². The van der Waals surface area contributed by atoms with Gasteiger partial charge >= 0.3 is 12.1 Å². The third-order valence-electron chi connectivity index (χ3n) is 1.88. The Hall–Kier alpha value is -0.780. The fourth-order valence-electron chi connectivity index (χ4n) is 1.52. The molecule has 0 aromatic rings. The van der Waals surface area contributed by atoms with Gasteiger partial charge in [-0.3, -0.25) is 4.79 Å². The van der Waals surface area contributed by atoms with Crippen LogP contribution < -0.4 is 5.73 Å². The van der Waals surface area contributed by atoms with Gasteiger partial charge in [-0.15, -0.1) is 0 Å². The highest BCUT2D eigenvalue weighted by molar-refractivity contribution is 5.80. The SMILES string of the molecule is COC(=O)[C@@](N)(CC(C)C)CC(F)(F)F. The molecule has 1 atom stereocenters. The summed E-state index contributed by atoms with van der Waals surface area (Å²) in [5, 5.41) is 0. The molecule has 0 rings (SSSR count). The molecule has 0 aromatic carbocycles. The van der Waals surface area contributed by atoms with Crippen LogP contribution in [-0.2, 0) is 9.53 Å². The van der Waals surface area contributed by atoms with Gasteiger partial charge in [0.25, 0.3) is 0 Å². The average molecular weight is 227 g/mol. The van der Waals surface area contributed by atoms with Crippen molar-refractivity contribution in [1.82, 2.24) is 0 Å². The van der Waals surface area contributed by atoms with E-state index >= 15 is 0 Å². The molecule has 0 saturated heterocycles. The second-order valence-corrected chi connectivity index (χ2v) is 4.04. The molecule has 90 valence electrons. The topological polar surface area (TPSA) is 52.3 Å². The van der Waals surface area contributed by atoms with Crippen molar-refractivity contribution in [3.8, 4) is 0 Å². The summed E-state index contributed by atoms with van der Waals surface area (Å²) in [5.41, 5.74) is 3.47.